The lowest BCUT2D eigenvalue weighted by atomic mass is 9.90. The van der Waals surface area contributed by atoms with Crippen molar-refractivity contribution in [1.82, 2.24) is 14.8 Å². The molecule has 0 spiro atoms. The molecule has 1 fully saturated rings. The first kappa shape index (κ1) is 17.0. The number of hydrogen-bond acceptors (Lipinski definition) is 5. The van der Waals surface area contributed by atoms with Crippen molar-refractivity contribution in [2.45, 2.75) is 38.6 Å². The Morgan fingerprint density at radius 3 is 2.92 bits per heavy atom. The summed E-state index contributed by atoms with van der Waals surface area (Å²) in [5, 5.41) is 4.51. The molecule has 136 valence electrons. The molecule has 0 N–H and O–H groups in total. The third-order valence-corrected chi connectivity index (χ3v) is 5.20. The molecule has 0 aromatic carbocycles. The summed E-state index contributed by atoms with van der Waals surface area (Å²) >= 11 is 0. The van der Waals surface area contributed by atoms with E-state index in [0.29, 0.717) is 24.0 Å². The van der Waals surface area contributed by atoms with E-state index in [1.807, 2.05) is 13.1 Å². The first-order valence-corrected chi connectivity index (χ1v) is 9.13. The number of carbonyl (C=O) groups is 1. The fourth-order valence-electron chi connectivity index (χ4n) is 3.63. The van der Waals surface area contributed by atoms with Crippen molar-refractivity contribution >= 4 is 11.9 Å². The number of aryl methyl sites for hydroxylation is 1. The predicted molar refractivity (Wildman–Crippen MR) is 97.3 cm³/mol. The van der Waals surface area contributed by atoms with Crippen LogP contribution >= 0.6 is 0 Å². The Morgan fingerprint density at radius 1 is 1.31 bits per heavy atom. The van der Waals surface area contributed by atoms with E-state index in [2.05, 4.69) is 20.8 Å². The molecule has 6 nitrogen and oxygen atoms in total. The van der Waals surface area contributed by atoms with Crippen molar-refractivity contribution in [3.63, 3.8) is 0 Å². The molecule has 0 atom stereocenters. The number of pyridine rings is 1. The number of rotatable bonds is 6. The molecule has 0 unspecified atom stereocenters. The van der Waals surface area contributed by atoms with E-state index >= 15 is 0 Å². The van der Waals surface area contributed by atoms with Crippen LogP contribution in [0.5, 0.6) is 5.75 Å². The van der Waals surface area contributed by atoms with Gasteiger partial charge >= 0.3 is 0 Å². The minimum atomic E-state index is 0.333. The first-order chi connectivity index (χ1) is 12.8. The van der Waals surface area contributed by atoms with Crippen molar-refractivity contribution in [1.29, 1.82) is 0 Å². The van der Waals surface area contributed by atoms with E-state index in [0.717, 1.165) is 44.3 Å². The molecule has 1 aliphatic carbocycles. The maximum Gasteiger partial charge on any atom is 0.154 e. The van der Waals surface area contributed by atoms with E-state index in [1.165, 1.54) is 23.3 Å². The monoisotopic (exact) mass is 353 g/mol. The highest BCUT2D eigenvalue weighted by molar-refractivity contribution is 5.81. The van der Waals surface area contributed by atoms with Gasteiger partial charge in [0.15, 0.2) is 6.29 Å². The predicted octanol–water partition coefficient (Wildman–Crippen LogP) is 3.38. The second-order valence-electron chi connectivity index (χ2n) is 6.92. The van der Waals surface area contributed by atoms with E-state index in [1.54, 1.807) is 12.4 Å². The molecule has 0 saturated carbocycles. The topological polar surface area (TPSA) is 66.2 Å². The number of aldehydes is 1. The summed E-state index contributed by atoms with van der Waals surface area (Å²) < 4.78 is 13.4. The molecule has 6 heteroatoms. The lowest BCUT2D eigenvalue weighted by Crippen LogP contribution is -2.32. The van der Waals surface area contributed by atoms with E-state index in [9.17, 15) is 4.79 Å². The molecule has 26 heavy (non-hydrogen) atoms. The fraction of sp³-hybridized carbons (Fsp3) is 0.450. The van der Waals surface area contributed by atoms with Gasteiger partial charge < -0.3 is 9.47 Å². The summed E-state index contributed by atoms with van der Waals surface area (Å²) in [7, 11) is 0. The van der Waals surface area contributed by atoms with Gasteiger partial charge in [0.1, 0.15) is 12.4 Å². The zero-order valence-corrected chi connectivity index (χ0v) is 15.0. The van der Waals surface area contributed by atoms with Gasteiger partial charge in [0, 0.05) is 12.4 Å². The van der Waals surface area contributed by atoms with Crippen LogP contribution in [0, 0.1) is 6.92 Å². The van der Waals surface area contributed by atoms with E-state index in [-0.39, 0.29) is 0 Å². The maximum absolute atomic E-state index is 11.4. The van der Waals surface area contributed by atoms with E-state index in [4.69, 9.17) is 9.47 Å². The van der Waals surface area contributed by atoms with E-state index < -0.39 is 0 Å². The molecule has 0 bridgehead atoms. The Balaban J connectivity index is 1.60. The maximum atomic E-state index is 11.4. The summed E-state index contributed by atoms with van der Waals surface area (Å²) in [5.74, 6) is 0.554. The van der Waals surface area contributed by atoms with Crippen LogP contribution in [-0.4, -0.2) is 40.9 Å². The highest BCUT2D eigenvalue weighted by Gasteiger charge is 2.26. The Bertz CT molecular complexity index is 837. The molecule has 0 amide bonds. The van der Waals surface area contributed by atoms with Crippen LogP contribution < -0.4 is 4.74 Å². The molecule has 2 aliphatic rings. The summed E-state index contributed by atoms with van der Waals surface area (Å²) in [5.41, 5.74) is 5.20. The van der Waals surface area contributed by atoms with Gasteiger partial charge in [-0.3, -0.25) is 14.5 Å². The molecule has 2 aromatic rings. The van der Waals surface area contributed by atoms with Crippen molar-refractivity contribution in [2.24, 2.45) is 0 Å². The van der Waals surface area contributed by atoms with Gasteiger partial charge in [-0.05, 0) is 55.4 Å². The minimum absolute atomic E-state index is 0.333. The van der Waals surface area contributed by atoms with Gasteiger partial charge in [-0.15, -0.1) is 0 Å². The number of carbonyl (C=O) groups excluding carboxylic acids is 1. The number of ether oxygens (including phenoxy) is 2. The quantitative estimate of drug-likeness (QED) is 0.745. The van der Waals surface area contributed by atoms with Crippen LogP contribution in [0.3, 0.4) is 0 Å². The Kier molecular flexibility index (Phi) is 4.84. The molecule has 2 aromatic heterocycles. The lowest BCUT2D eigenvalue weighted by Gasteiger charge is -2.29. The smallest absolute Gasteiger partial charge is 0.154 e. The lowest BCUT2D eigenvalue weighted by molar-refractivity contribution is -0.0290. The van der Waals surface area contributed by atoms with Gasteiger partial charge in [-0.2, -0.15) is 5.10 Å². The molecular formula is C20H23N3O3. The first-order valence-electron chi connectivity index (χ1n) is 9.13. The second kappa shape index (κ2) is 7.41. The fourth-order valence-corrected chi connectivity index (χ4v) is 3.63. The summed E-state index contributed by atoms with van der Waals surface area (Å²) in [6.45, 7) is 3.80. The van der Waals surface area contributed by atoms with Gasteiger partial charge in [0.2, 0.25) is 0 Å². The van der Waals surface area contributed by atoms with Crippen LogP contribution in [0.4, 0.5) is 0 Å². The Labute approximate surface area is 152 Å². The van der Waals surface area contributed by atoms with Gasteiger partial charge in [-0.1, -0.05) is 0 Å². The number of hydrogen-bond donors (Lipinski definition) is 0. The number of allylic oxidation sites excluding steroid dienone is 1. The van der Waals surface area contributed by atoms with Crippen molar-refractivity contribution in [2.75, 3.05) is 19.8 Å². The average Bonchev–Trinajstić information content (AvgIpc) is 3.07. The van der Waals surface area contributed by atoms with Crippen LogP contribution in [-0.2, 0) is 4.74 Å². The molecule has 1 aliphatic heterocycles. The highest BCUT2D eigenvalue weighted by Crippen LogP contribution is 2.34. The van der Waals surface area contributed by atoms with Gasteiger partial charge in [-0.25, -0.2) is 0 Å². The number of aromatic nitrogens is 3. The zero-order chi connectivity index (χ0) is 17.9. The van der Waals surface area contributed by atoms with Crippen molar-refractivity contribution in [3.8, 4) is 5.75 Å². The third kappa shape index (κ3) is 3.17. The Morgan fingerprint density at radius 2 is 2.15 bits per heavy atom. The summed E-state index contributed by atoms with van der Waals surface area (Å²) in [6.07, 6.45) is 10.4. The average molecular weight is 353 g/mol. The highest BCUT2D eigenvalue weighted by atomic mass is 16.5. The summed E-state index contributed by atoms with van der Waals surface area (Å²) in [6, 6.07) is 2.42. The SMILES string of the molecule is Cc1cncc(OCC2=C(c3ccnn3C3COC3)CCCC2)c1C=O. The van der Waals surface area contributed by atoms with Crippen molar-refractivity contribution < 1.29 is 14.3 Å². The molecule has 3 heterocycles. The van der Waals surface area contributed by atoms with Gasteiger partial charge in [0.05, 0.1) is 36.7 Å². The third-order valence-electron chi connectivity index (χ3n) is 5.20. The molecule has 0 radical (unpaired) electrons. The number of nitrogens with zero attached hydrogens (tertiary/aromatic N) is 3. The largest absolute Gasteiger partial charge is 0.487 e. The molecule has 1 saturated heterocycles. The Hall–Kier alpha value is -2.47. The van der Waals surface area contributed by atoms with Gasteiger partial charge in [0.25, 0.3) is 0 Å². The molecular weight excluding hydrogens is 330 g/mol. The minimum Gasteiger partial charge on any atom is -0.487 e. The molecule has 4 rings (SSSR count). The van der Waals surface area contributed by atoms with Crippen LogP contribution in [0.15, 0.2) is 30.2 Å². The summed E-state index contributed by atoms with van der Waals surface area (Å²) in [4.78, 5) is 15.5. The van der Waals surface area contributed by atoms with Crippen LogP contribution in [0.1, 0.15) is 53.3 Å². The normalized spacial score (nSPS) is 17.9. The zero-order valence-electron chi connectivity index (χ0n) is 15.0. The second-order valence-corrected chi connectivity index (χ2v) is 6.92. The standard InChI is InChI=1S/C20H23N3O3/c1-14-8-21-9-20(18(14)10-24)26-11-15-4-2-3-5-17(15)19-6-7-22-23(19)16-12-25-13-16/h6-10,16H,2-5,11-13H2,1H3. The van der Waals surface area contributed by atoms with Crippen LogP contribution in [0.25, 0.3) is 5.57 Å². The van der Waals surface area contributed by atoms with Crippen molar-refractivity contribution in [3.05, 3.63) is 47.1 Å². The van der Waals surface area contributed by atoms with Crippen LogP contribution in [0.2, 0.25) is 0 Å².